The summed E-state index contributed by atoms with van der Waals surface area (Å²) >= 11 is 0. The Hall–Kier alpha value is -3.61. The molecule has 2 aromatic carbocycles. The van der Waals surface area contributed by atoms with Crippen LogP contribution in [-0.4, -0.2) is 48.9 Å². The second kappa shape index (κ2) is 6.28. The highest BCUT2D eigenvalue weighted by Crippen LogP contribution is 2.25. The van der Waals surface area contributed by atoms with E-state index in [0.29, 0.717) is 18.7 Å². The number of carbonyl (C=O) groups is 1. The van der Waals surface area contributed by atoms with Gasteiger partial charge in [-0.2, -0.15) is 0 Å². The summed E-state index contributed by atoms with van der Waals surface area (Å²) in [4.78, 5) is 23.0. The summed E-state index contributed by atoms with van der Waals surface area (Å²) in [5, 5.41) is 8.48. The summed E-state index contributed by atoms with van der Waals surface area (Å²) in [6, 6.07) is 15.5. The van der Waals surface area contributed by atoms with E-state index in [9.17, 15) is 4.79 Å². The van der Waals surface area contributed by atoms with E-state index in [1.165, 1.54) is 0 Å². The summed E-state index contributed by atoms with van der Waals surface area (Å²) < 4.78 is 1.85. The molecule has 5 rings (SSSR count). The number of amides is 1. The average molecular weight is 356 g/mol. The molecule has 0 spiro atoms. The maximum atomic E-state index is 12.7. The summed E-state index contributed by atoms with van der Waals surface area (Å²) in [5.74, 6) is 0.00204. The number of carbonyl (C=O) groups excluding carboxylic acids is 1. The lowest BCUT2D eigenvalue weighted by molar-refractivity contribution is 0.0498. The molecule has 0 unspecified atom stereocenters. The van der Waals surface area contributed by atoms with Crippen molar-refractivity contribution >= 4 is 16.9 Å². The van der Waals surface area contributed by atoms with E-state index in [-0.39, 0.29) is 11.9 Å². The maximum absolute atomic E-state index is 12.7. The van der Waals surface area contributed by atoms with E-state index in [1.54, 1.807) is 24.5 Å². The number of hydrogen-bond donors (Lipinski definition) is 0. The van der Waals surface area contributed by atoms with Crippen LogP contribution in [0, 0.1) is 0 Å². The topological polar surface area (TPSA) is 76.8 Å². The maximum Gasteiger partial charge on any atom is 0.254 e. The first-order valence-electron chi connectivity index (χ1n) is 8.75. The van der Waals surface area contributed by atoms with Crippen LogP contribution >= 0.6 is 0 Å². The summed E-state index contributed by atoms with van der Waals surface area (Å²) in [5.41, 5.74) is 4.02. The molecule has 1 saturated heterocycles. The molecule has 7 nitrogen and oxygen atoms in total. The highest BCUT2D eigenvalue weighted by molar-refractivity contribution is 5.97. The van der Waals surface area contributed by atoms with Gasteiger partial charge in [0, 0.05) is 36.6 Å². The molecule has 0 N–H and O–H groups in total. The van der Waals surface area contributed by atoms with Gasteiger partial charge in [-0.1, -0.05) is 35.5 Å². The molecule has 0 aliphatic carbocycles. The van der Waals surface area contributed by atoms with Crippen molar-refractivity contribution in [2.24, 2.45) is 0 Å². The summed E-state index contributed by atoms with van der Waals surface area (Å²) in [6.45, 7) is 1.24. The molecule has 1 fully saturated rings. The molecule has 132 valence electrons. The first-order valence-corrected chi connectivity index (χ1v) is 8.75. The second-order valence-electron chi connectivity index (χ2n) is 6.57. The SMILES string of the molecule is O=C(c1ccc2nccnc2c1)N1CC(n2cc(-c3ccccc3)nn2)C1. The van der Waals surface area contributed by atoms with Crippen molar-refractivity contribution < 1.29 is 4.79 Å². The fraction of sp³-hybridized carbons (Fsp3) is 0.150. The minimum Gasteiger partial charge on any atom is -0.334 e. The van der Waals surface area contributed by atoms with Crippen LogP contribution in [0.2, 0.25) is 0 Å². The van der Waals surface area contributed by atoms with E-state index in [2.05, 4.69) is 20.3 Å². The van der Waals surface area contributed by atoms with Gasteiger partial charge in [0.05, 0.1) is 23.3 Å². The Morgan fingerprint density at radius 1 is 0.963 bits per heavy atom. The van der Waals surface area contributed by atoms with Crippen LogP contribution in [-0.2, 0) is 0 Å². The van der Waals surface area contributed by atoms with E-state index >= 15 is 0 Å². The molecule has 0 bridgehead atoms. The first kappa shape index (κ1) is 15.6. The Bertz CT molecular complexity index is 1120. The van der Waals surface area contributed by atoms with E-state index in [1.807, 2.05) is 52.2 Å². The molecule has 7 heteroatoms. The van der Waals surface area contributed by atoms with E-state index < -0.39 is 0 Å². The monoisotopic (exact) mass is 356 g/mol. The van der Waals surface area contributed by atoms with Crippen LogP contribution in [0.4, 0.5) is 0 Å². The Labute approximate surface area is 155 Å². The Balaban J connectivity index is 1.29. The summed E-state index contributed by atoms with van der Waals surface area (Å²) in [6.07, 6.45) is 5.21. The number of likely N-dealkylation sites (tertiary alicyclic amines) is 1. The average Bonchev–Trinajstić information content (AvgIpc) is 3.17. The van der Waals surface area contributed by atoms with Gasteiger partial charge in [0.25, 0.3) is 5.91 Å². The van der Waals surface area contributed by atoms with Crippen LogP contribution in [0.15, 0.2) is 67.1 Å². The molecule has 3 heterocycles. The normalized spacial score (nSPS) is 14.3. The number of rotatable bonds is 3. The lowest BCUT2D eigenvalue weighted by Crippen LogP contribution is -2.50. The van der Waals surface area contributed by atoms with Gasteiger partial charge in [-0.25, -0.2) is 4.68 Å². The summed E-state index contributed by atoms with van der Waals surface area (Å²) in [7, 11) is 0. The van der Waals surface area contributed by atoms with Crippen molar-refractivity contribution in [3.05, 3.63) is 72.7 Å². The first-order chi connectivity index (χ1) is 13.3. The molecule has 27 heavy (non-hydrogen) atoms. The predicted molar refractivity (Wildman–Crippen MR) is 99.9 cm³/mol. The van der Waals surface area contributed by atoms with Crippen molar-refractivity contribution in [2.45, 2.75) is 6.04 Å². The fourth-order valence-electron chi connectivity index (χ4n) is 3.26. The van der Waals surface area contributed by atoms with Gasteiger partial charge < -0.3 is 4.90 Å². The molecule has 0 atom stereocenters. The molecule has 1 aliphatic heterocycles. The molecular formula is C20H16N6O. The van der Waals surface area contributed by atoms with Crippen LogP contribution in [0.3, 0.4) is 0 Å². The van der Waals surface area contributed by atoms with Crippen molar-refractivity contribution in [1.82, 2.24) is 29.9 Å². The van der Waals surface area contributed by atoms with Crippen LogP contribution in [0.1, 0.15) is 16.4 Å². The number of benzene rings is 2. The molecular weight excluding hydrogens is 340 g/mol. The van der Waals surface area contributed by atoms with Gasteiger partial charge in [-0.15, -0.1) is 5.10 Å². The molecule has 1 amide bonds. The minimum atomic E-state index is 0.00204. The number of fused-ring (bicyclic) bond motifs is 1. The van der Waals surface area contributed by atoms with Crippen molar-refractivity contribution in [1.29, 1.82) is 0 Å². The molecule has 2 aromatic heterocycles. The van der Waals surface area contributed by atoms with Gasteiger partial charge in [0.15, 0.2) is 0 Å². The smallest absolute Gasteiger partial charge is 0.254 e. The second-order valence-corrected chi connectivity index (χ2v) is 6.57. The zero-order valence-corrected chi connectivity index (χ0v) is 14.4. The number of hydrogen-bond acceptors (Lipinski definition) is 5. The van der Waals surface area contributed by atoms with Gasteiger partial charge in [0.1, 0.15) is 5.69 Å². The van der Waals surface area contributed by atoms with Gasteiger partial charge in [-0.05, 0) is 18.2 Å². The van der Waals surface area contributed by atoms with E-state index in [4.69, 9.17) is 0 Å². The molecule has 4 aromatic rings. The fourth-order valence-corrected chi connectivity index (χ4v) is 3.26. The van der Waals surface area contributed by atoms with E-state index in [0.717, 1.165) is 22.3 Å². The van der Waals surface area contributed by atoms with Crippen molar-refractivity contribution in [3.63, 3.8) is 0 Å². The van der Waals surface area contributed by atoms with Crippen molar-refractivity contribution in [3.8, 4) is 11.3 Å². The Morgan fingerprint density at radius 3 is 2.56 bits per heavy atom. The highest BCUT2D eigenvalue weighted by Gasteiger charge is 2.33. The number of aromatic nitrogens is 5. The molecule has 0 radical (unpaired) electrons. The van der Waals surface area contributed by atoms with Crippen LogP contribution in [0.25, 0.3) is 22.3 Å². The Kier molecular flexibility index (Phi) is 3.64. The lowest BCUT2D eigenvalue weighted by Gasteiger charge is -2.38. The predicted octanol–water partition coefficient (Wildman–Crippen LogP) is 2.59. The standard InChI is InChI=1S/C20H16N6O/c27-20(15-6-7-17-18(10-15)22-9-8-21-17)25-11-16(12-25)26-13-19(23-24-26)14-4-2-1-3-5-14/h1-10,13,16H,11-12H2. The largest absolute Gasteiger partial charge is 0.334 e. The highest BCUT2D eigenvalue weighted by atomic mass is 16.2. The van der Waals surface area contributed by atoms with Crippen LogP contribution in [0.5, 0.6) is 0 Å². The third-order valence-corrected chi connectivity index (χ3v) is 4.82. The third-order valence-electron chi connectivity index (χ3n) is 4.82. The van der Waals surface area contributed by atoms with Gasteiger partial charge >= 0.3 is 0 Å². The Morgan fingerprint density at radius 2 is 1.74 bits per heavy atom. The zero-order chi connectivity index (χ0) is 18.2. The zero-order valence-electron chi connectivity index (χ0n) is 14.4. The van der Waals surface area contributed by atoms with Crippen LogP contribution < -0.4 is 0 Å². The van der Waals surface area contributed by atoms with Crippen molar-refractivity contribution in [2.75, 3.05) is 13.1 Å². The van der Waals surface area contributed by atoms with Gasteiger partial charge in [0.2, 0.25) is 0 Å². The third kappa shape index (κ3) is 2.83. The minimum absolute atomic E-state index is 0.00204. The number of nitrogens with zero attached hydrogens (tertiary/aromatic N) is 6. The molecule has 1 aliphatic rings. The quantitative estimate of drug-likeness (QED) is 0.564. The molecule has 0 saturated carbocycles. The van der Waals surface area contributed by atoms with Gasteiger partial charge in [-0.3, -0.25) is 14.8 Å². The lowest BCUT2D eigenvalue weighted by atomic mass is 10.1.